The Morgan fingerprint density at radius 1 is 1.19 bits per heavy atom. The molecular weight excluding hydrogens is 345 g/mol. The standard InChI is InChI=1S/C18H19F3N4O/c1-12-14(5-6-15(24-12)18(19,20)21)17(26)23-11-13-4-7-16(22-10-13)25-8-2-3-9-25/h4-7,10H,2-3,8-9,11H2,1H3,(H,23,26). The van der Waals surface area contributed by atoms with Gasteiger partial charge in [0.05, 0.1) is 11.3 Å². The lowest BCUT2D eigenvalue weighted by molar-refractivity contribution is -0.141. The summed E-state index contributed by atoms with van der Waals surface area (Å²) >= 11 is 0. The molecule has 1 aliphatic heterocycles. The van der Waals surface area contributed by atoms with E-state index in [1.807, 2.05) is 12.1 Å². The second kappa shape index (κ2) is 7.31. The first-order valence-electron chi connectivity index (χ1n) is 8.37. The third-order valence-electron chi connectivity index (χ3n) is 4.31. The van der Waals surface area contributed by atoms with Gasteiger partial charge in [0.25, 0.3) is 5.91 Å². The highest BCUT2D eigenvalue weighted by atomic mass is 19.4. The molecule has 1 fully saturated rings. The molecule has 0 atom stereocenters. The summed E-state index contributed by atoms with van der Waals surface area (Å²) in [6.07, 6.45) is -0.492. The first kappa shape index (κ1) is 18.2. The van der Waals surface area contributed by atoms with Crippen molar-refractivity contribution in [3.63, 3.8) is 0 Å². The van der Waals surface area contributed by atoms with Crippen LogP contribution in [-0.4, -0.2) is 29.0 Å². The Labute approximate surface area is 149 Å². The van der Waals surface area contributed by atoms with Crippen molar-refractivity contribution in [2.45, 2.75) is 32.5 Å². The van der Waals surface area contributed by atoms with Crippen LogP contribution in [0.4, 0.5) is 19.0 Å². The predicted octanol–water partition coefficient (Wildman–Crippen LogP) is 3.33. The van der Waals surface area contributed by atoms with Crippen LogP contribution in [0, 0.1) is 6.92 Å². The monoisotopic (exact) mass is 364 g/mol. The summed E-state index contributed by atoms with van der Waals surface area (Å²) in [5.41, 5.74) is -0.0217. The number of halogens is 3. The molecule has 1 aliphatic rings. The number of carbonyl (C=O) groups excluding carboxylic acids is 1. The van der Waals surface area contributed by atoms with E-state index in [0.29, 0.717) is 0 Å². The minimum absolute atomic E-state index is 0.0415. The molecule has 2 aromatic heterocycles. The predicted molar refractivity (Wildman–Crippen MR) is 90.8 cm³/mol. The molecule has 3 heterocycles. The highest BCUT2D eigenvalue weighted by molar-refractivity contribution is 5.95. The van der Waals surface area contributed by atoms with E-state index in [1.165, 1.54) is 19.8 Å². The van der Waals surface area contributed by atoms with Gasteiger partial charge in [-0.25, -0.2) is 9.97 Å². The van der Waals surface area contributed by atoms with Crippen molar-refractivity contribution in [1.29, 1.82) is 0 Å². The third kappa shape index (κ3) is 4.12. The van der Waals surface area contributed by atoms with Crippen molar-refractivity contribution in [3.8, 4) is 0 Å². The molecule has 0 saturated carbocycles. The van der Waals surface area contributed by atoms with Crippen molar-refractivity contribution in [2.75, 3.05) is 18.0 Å². The number of pyridine rings is 2. The lowest BCUT2D eigenvalue weighted by atomic mass is 10.1. The summed E-state index contributed by atoms with van der Waals surface area (Å²) < 4.78 is 37.9. The number of amides is 1. The quantitative estimate of drug-likeness (QED) is 0.904. The molecule has 3 rings (SSSR count). The Morgan fingerprint density at radius 2 is 1.92 bits per heavy atom. The molecule has 1 saturated heterocycles. The lowest BCUT2D eigenvalue weighted by Crippen LogP contribution is -2.25. The second-order valence-corrected chi connectivity index (χ2v) is 6.23. The number of rotatable bonds is 4. The van der Waals surface area contributed by atoms with Gasteiger partial charge in [-0.3, -0.25) is 4.79 Å². The van der Waals surface area contributed by atoms with E-state index in [1.54, 1.807) is 6.20 Å². The van der Waals surface area contributed by atoms with Crippen LogP contribution < -0.4 is 10.2 Å². The average Bonchev–Trinajstić information content (AvgIpc) is 3.14. The van der Waals surface area contributed by atoms with E-state index in [9.17, 15) is 18.0 Å². The Morgan fingerprint density at radius 3 is 2.50 bits per heavy atom. The number of nitrogens with zero attached hydrogens (tertiary/aromatic N) is 3. The van der Waals surface area contributed by atoms with E-state index in [-0.39, 0.29) is 17.8 Å². The molecule has 1 N–H and O–H groups in total. The Kier molecular flexibility index (Phi) is 5.11. The molecule has 1 amide bonds. The van der Waals surface area contributed by atoms with Crippen LogP contribution in [0.3, 0.4) is 0 Å². The molecule has 5 nitrogen and oxygen atoms in total. The van der Waals surface area contributed by atoms with Crippen molar-refractivity contribution in [3.05, 3.63) is 53.0 Å². The summed E-state index contributed by atoms with van der Waals surface area (Å²) in [5, 5.41) is 2.69. The van der Waals surface area contributed by atoms with Gasteiger partial charge in [0.15, 0.2) is 0 Å². The summed E-state index contributed by atoms with van der Waals surface area (Å²) in [7, 11) is 0. The fourth-order valence-corrected chi connectivity index (χ4v) is 2.89. The van der Waals surface area contributed by atoms with E-state index in [4.69, 9.17) is 0 Å². The molecule has 0 radical (unpaired) electrons. The van der Waals surface area contributed by atoms with Gasteiger partial charge in [-0.05, 0) is 43.5 Å². The molecule has 0 unspecified atom stereocenters. The number of carbonyl (C=O) groups is 1. The van der Waals surface area contributed by atoms with Crippen LogP contribution in [0.15, 0.2) is 30.5 Å². The number of alkyl halides is 3. The topological polar surface area (TPSA) is 58.1 Å². The molecular formula is C18H19F3N4O. The van der Waals surface area contributed by atoms with Crippen LogP contribution >= 0.6 is 0 Å². The van der Waals surface area contributed by atoms with Gasteiger partial charge < -0.3 is 10.2 Å². The summed E-state index contributed by atoms with van der Waals surface area (Å²) in [5.74, 6) is 0.452. The zero-order valence-corrected chi connectivity index (χ0v) is 14.3. The van der Waals surface area contributed by atoms with E-state index < -0.39 is 17.8 Å². The van der Waals surface area contributed by atoms with Gasteiger partial charge in [0.2, 0.25) is 0 Å². The van der Waals surface area contributed by atoms with Gasteiger partial charge in [0, 0.05) is 25.8 Å². The van der Waals surface area contributed by atoms with Gasteiger partial charge in [-0.2, -0.15) is 13.2 Å². The number of anilines is 1. The normalized spacial score (nSPS) is 14.5. The van der Waals surface area contributed by atoms with E-state index in [2.05, 4.69) is 20.2 Å². The molecule has 0 aromatic carbocycles. The van der Waals surface area contributed by atoms with Crippen LogP contribution in [0.5, 0.6) is 0 Å². The van der Waals surface area contributed by atoms with Crippen LogP contribution in [0.1, 0.15) is 40.2 Å². The third-order valence-corrected chi connectivity index (χ3v) is 4.31. The molecule has 8 heteroatoms. The number of nitrogens with one attached hydrogen (secondary N) is 1. The maximum absolute atomic E-state index is 12.6. The van der Waals surface area contributed by atoms with E-state index >= 15 is 0 Å². The number of aromatic nitrogens is 2. The molecule has 0 aliphatic carbocycles. The zero-order chi connectivity index (χ0) is 18.7. The molecule has 0 spiro atoms. The molecule has 0 bridgehead atoms. The van der Waals surface area contributed by atoms with Gasteiger partial charge in [-0.1, -0.05) is 6.07 Å². The SMILES string of the molecule is Cc1nc(C(F)(F)F)ccc1C(=O)NCc1ccc(N2CCCC2)nc1. The highest BCUT2D eigenvalue weighted by Gasteiger charge is 2.33. The molecule has 2 aromatic rings. The van der Waals surface area contributed by atoms with Gasteiger partial charge in [0.1, 0.15) is 11.5 Å². The van der Waals surface area contributed by atoms with Crippen molar-refractivity contribution < 1.29 is 18.0 Å². The van der Waals surface area contributed by atoms with E-state index in [0.717, 1.165) is 36.6 Å². The van der Waals surface area contributed by atoms with Crippen molar-refractivity contribution >= 4 is 11.7 Å². The van der Waals surface area contributed by atoms with Crippen molar-refractivity contribution in [1.82, 2.24) is 15.3 Å². The number of hydrogen-bond acceptors (Lipinski definition) is 4. The molecule has 138 valence electrons. The summed E-state index contributed by atoms with van der Waals surface area (Å²) in [6, 6.07) is 5.76. The fourth-order valence-electron chi connectivity index (χ4n) is 2.89. The maximum atomic E-state index is 12.6. The Hall–Kier alpha value is -2.64. The minimum Gasteiger partial charge on any atom is -0.357 e. The molecule has 26 heavy (non-hydrogen) atoms. The number of aryl methyl sites for hydroxylation is 1. The Bertz CT molecular complexity index is 784. The van der Waals surface area contributed by atoms with Gasteiger partial charge >= 0.3 is 6.18 Å². The van der Waals surface area contributed by atoms with Crippen LogP contribution in [0.25, 0.3) is 0 Å². The van der Waals surface area contributed by atoms with Crippen LogP contribution in [-0.2, 0) is 12.7 Å². The maximum Gasteiger partial charge on any atom is 0.433 e. The highest BCUT2D eigenvalue weighted by Crippen LogP contribution is 2.28. The zero-order valence-electron chi connectivity index (χ0n) is 14.3. The summed E-state index contributed by atoms with van der Waals surface area (Å²) in [4.78, 5) is 22.3. The fraction of sp³-hybridized carbons (Fsp3) is 0.389. The van der Waals surface area contributed by atoms with Crippen molar-refractivity contribution in [2.24, 2.45) is 0 Å². The first-order valence-corrected chi connectivity index (χ1v) is 8.37. The number of hydrogen-bond donors (Lipinski definition) is 1. The minimum atomic E-state index is -4.53. The first-order chi connectivity index (χ1) is 12.3. The lowest BCUT2D eigenvalue weighted by Gasteiger charge is -2.16. The van der Waals surface area contributed by atoms with Crippen LogP contribution in [0.2, 0.25) is 0 Å². The largest absolute Gasteiger partial charge is 0.433 e. The Balaban J connectivity index is 1.61. The smallest absolute Gasteiger partial charge is 0.357 e. The average molecular weight is 364 g/mol. The second-order valence-electron chi connectivity index (χ2n) is 6.23. The summed E-state index contributed by atoms with van der Waals surface area (Å²) in [6.45, 7) is 3.63. The van der Waals surface area contributed by atoms with Gasteiger partial charge in [-0.15, -0.1) is 0 Å².